The summed E-state index contributed by atoms with van der Waals surface area (Å²) in [5.74, 6) is -0.317. The largest absolute Gasteiger partial charge is 0.308 e. The van der Waals surface area contributed by atoms with E-state index in [1.165, 1.54) is 23.1 Å². The van der Waals surface area contributed by atoms with Crippen LogP contribution >= 0.6 is 27.3 Å². The van der Waals surface area contributed by atoms with Crippen molar-refractivity contribution >= 4 is 27.3 Å². The summed E-state index contributed by atoms with van der Waals surface area (Å²) in [6.07, 6.45) is 0. The highest BCUT2D eigenvalue weighted by Gasteiger charge is 2.05. The molecule has 0 saturated carbocycles. The van der Waals surface area contributed by atoms with Crippen molar-refractivity contribution in [1.82, 2.24) is 5.32 Å². The van der Waals surface area contributed by atoms with E-state index in [1.807, 2.05) is 11.4 Å². The molecule has 18 heavy (non-hydrogen) atoms. The Kier molecular flexibility index (Phi) is 4.48. The topological polar surface area (TPSA) is 35.8 Å². The molecule has 0 unspecified atom stereocenters. The molecule has 5 heteroatoms. The molecule has 92 valence electrons. The summed E-state index contributed by atoms with van der Waals surface area (Å²) in [5.41, 5.74) is 1.19. The molecule has 1 N–H and O–H groups in total. The Hall–Kier alpha value is -1.22. The number of thiophene rings is 1. The number of benzene rings is 1. The van der Waals surface area contributed by atoms with Gasteiger partial charge in [-0.05, 0) is 51.1 Å². The molecule has 2 nitrogen and oxygen atoms in total. The smallest absolute Gasteiger partial charge is 0.123 e. The van der Waals surface area contributed by atoms with E-state index in [2.05, 4.69) is 27.3 Å². The summed E-state index contributed by atoms with van der Waals surface area (Å²) >= 11 is 5.10. The summed E-state index contributed by atoms with van der Waals surface area (Å²) in [4.78, 5) is 1.19. The van der Waals surface area contributed by atoms with Gasteiger partial charge in [-0.25, -0.2) is 4.39 Å². The Balaban J connectivity index is 2.00. The number of nitrogens with zero attached hydrogens (tertiary/aromatic N) is 1. The van der Waals surface area contributed by atoms with E-state index in [0.29, 0.717) is 24.2 Å². The highest BCUT2D eigenvalue weighted by molar-refractivity contribution is 9.10. The quantitative estimate of drug-likeness (QED) is 0.928. The predicted octanol–water partition coefficient (Wildman–Crippen LogP) is 3.81. The van der Waals surface area contributed by atoms with E-state index in [-0.39, 0.29) is 5.82 Å². The molecule has 1 aromatic heterocycles. The van der Waals surface area contributed by atoms with Crippen LogP contribution in [0.2, 0.25) is 0 Å². The average molecular weight is 325 g/mol. The number of nitriles is 1. The van der Waals surface area contributed by atoms with Crippen LogP contribution in [0.1, 0.15) is 16.0 Å². The summed E-state index contributed by atoms with van der Waals surface area (Å²) < 4.78 is 14.2. The van der Waals surface area contributed by atoms with Gasteiger partial charge in [0, 0.05) is 22.4 Å². The molecule has 0 saturated heterocycles. The number of halogens is 2. The molecule has 2 rings (SSSR count). The van der Waals surface area contributed by atoms with Crippen LogP contribution in [0.3, 0.4) is 0 Å². The first-order valence-electron chi connectivity index (χ1n) is 5.32. The molecule has 0 aliphatic heterocycles. The van der Waals surface area contributed by atoms with Crippen molar-refractivity contribution in [2.75, 3.05) is 0 Å². The molecule has 2 aromatic rings. The second-order valence-corrected chi connectivity index (χ2v) is 5.56. The van der Waals surface area contributed by atoms with Gasteiger partial charge in [0.2, 0.25) is 0 Å². The summed E-state index contributed by atoms with van der Waals surface area (Å²) in [6.45, 7) is 1.17. The Bertz CT molecular complexity index is 589. The Labute approximate surface area is 117 Å². The van der Waals surface area contributed by atoms with Gasteiger partial charge in [0.15, 0.2) is 0 Å². The van der Waals surface area contributed by atoms with Gasteiger partial charge < -0.3 is 5.32 Å². The van der Waals surface area contributed by atoms with Crippen molar-refractivity contribution in [3.05, 3.63) is 55.9 Å². The van der Waals surface area contributed by atoms with Gasteiger partial charge in [0.1, 0.15) is 5.82 Å². The third kappa shape index (κ3) is 3.16. The zero-order valence-electron chi connectivity index (χ0n) is 9.41. The highest BCUT2D eigenvalue weighted by Crippen LogP contribution is 2.22. The molecule has 0 spiro atoms. The molecule has 0 amide bonds. The lowest BCUT2D eigenvalue weighted by Crippen LogP contribution is -2.13. The standard InChI is InChI=1S/C13H10BrFN2S/c14-12-3-4-18-13(12)8-17-7-10-5-11(15)2-1-9(10)6-16/h1-5,17H,7-8H2. The molecule has 0 radical (unpaired) electrons. The third-order valence-corrected chi connectivity index (χ3v) is 4.41. The Morgan fingerprint density at radius 2 is 2.17 bits per heavy atom. The van der Waals surface area contributed by atoms with E-state index in [1.54, 1.807) is 11.3 Å². The molecule has 1 aromatic carbocycles. The van der Waals surface area contributed by atoms with Crippen LogP contribution in [0.4, 0.5) is 4.39 Å². The lowest BCUT2D eigenvalue weighted by molar-refractivity contribution is 0.620. The maximum absolute atomic E-state index is 13.1. The van der Waals surface area contributed by atoms with Gasteiger partial charge in [0.25, 0.3) is 0 Å². The SMILES string of the molecule is N#Cc1ccc(F)cc1CNCc1sccc1Br. The minimum Gasteiger partial charge on any atom is -0.308 e. The van der Waals surface area contributed by atoms with E-state index in [4.69, 9.17) is 5.26 Å². The maximum Gasteiger partial charge on any atom is 0.123 e. The van der Waals surface area contributed by atoms with Crippen LogP contribution in [0, 0.1) is 17.1 Å². The van der Waals surface area contributed by atoms with Crippen molar-refractivity contribution in [3.63, 3.8) is 0 Å². The number of hydrogen-bond acceptors (Lipinski definition) is 3. The average Bonchev–Trinajstić information content (AvgIpc) is 2.76. The molecule has 0 fully saturated rings. The molecule has 0 atom stereocenters. The van der Waals surface area contributed by atoms with Crippen LogP contribution < -0.4 is 5.32 Å². The predicted molar refractivity (Wildman–Crippen MR) is 73.7 cm³/mol. The van der Waals surface area contributed by atoms with Gasteiger partial charge in [-0.15, -0.1) is 11.3 Å². The first-order valence-corrected chi connectivity index (χ1v) is 6.99. The van der Waals surface area contributed by atoms with Crippen LogP contribution in [0.25, 0.3) is 0 Å². The fraction of sp³-hybridized carbons (Fsp3) is 0.154. The normalized spacial score (nSPS) is 10.3. The fourth-order valence-electron chi connectivity index (χ4n) is 1.58. The van der Waals surface area contributed by atoms with Crippen LogP contribution in [0.15, 0.2) is 34.1 Å². The van der Waals surface area contributed by atoms with Crippen LogP contribution in [-0.4, -0.2) is 0 Å². The van der Waals surface area contributed by atoms with Gasteiger partial charge in [-0.2, -0.15) is 5.26 Å². The van der Waals surface area contributed by atoms with Crippen molar-refractivity contribution in [2.45, 2.75) is 13.1 Å². The van der Waals surface area contributed by atoms with Gasteiger partial charge >= 0.3 is 0 Å². The lowest BCUT2D eigenvalue weighted by Gasteiger charge is -2.06. The van der Waals surface area contributed by atoms with Crippen LogP contribution in [0.5, 0.6) is 0 Å². The molecular formula is C13H10BrFN2S. The van der Waals surface area contributed by atoms with Gasteiger partial charge in [-0.1, -0.05) is 0 Å². The number of rotatable bonds is 4. The van der Waals surface area contributed by atoms with Crippen LogP contribution in [-0.2, 0) is 13.1 Å². The van der Waals surface area contributed by atoms with Gasteiger partial charge in [-0.3, -0.25) is 0 Å². The zero-order chi connectivity index (χ0) is 13.0. The Morgan fingerprint density at radius 1 is 1.33 bits per heavy atom. The van der Waals surface area contributed by atoms with E-state index >= 15 is 0 Å². The molecular weight excluding hydrogens is 315 g/mol. The fourth-order valence-corrected chi connectivity index (χ4v) is 3.04. The summed E-state index contributed by atoms with van der Waals surface area (Å²) in [7, 11) is 0. The number of nitrogens with one attached hydrogen (secondary N) is 1. The molecule has 1 heterocycles. The molecule has 0 aliphatic rings. The Morgan fingerprint density at radius 3 is 2.83 bits per heavy atom. The first kappa shape index (κ1) is 13.2. The highest BCUT2D eigenvalue weighted by atomic mass is 79.9. The monoisotopic (exact) mass is 324 g/mol. The van der Waals surface area contributed by atoms with Gasteiger partial charge in [0.05, 0.1) is 11.6 Å². The summed E-state index contributed by atoms with van der Waals surface area (Å²) in [5, 5.41) is 14.1. The maximum atomic E-state index is 13.1. The van der Waals surface area contributed by atoms with E-state index < -0.39 is 0 Å². The van der Waals surface area contributed by atoms with Crippen molar-refractivity contribution in [3.8, 4) is 6.07 Å². The van der Waals surface area contributed by atoms with Crippen molar-refractivity contribution < 1.29 is 4.39 Å². The second kappa shape index (κ2) is 6.10. The molecule has 0 aliphatic carbocycles. The third-order valence-electron chi connectivity index (χ3n) is 2.48. The van der Waals surface area contributed by atoms with Crippen molar-refractivity contribution in [1.29, 1.82) is 5.26 Å². The van der Waals surface area contributed by atoms with Crippen molar-refractivity contribution in [2.24, 2.45) is 0 Å². The number of hydrogen-bond donors (Lipinski definition) is 1. The first-order chi connectivity index (χ1) is 8.70. The zero-order valence-corrected chi connectivity index (χ0v) is 11.8. The lowest BCUT2D eigenvalue weighted by atomic mass is 10.1. The second-order valence-electron chi connectivity index (χ2n) is 3.71. The van der Waals surface area contributed by atoms with E-state index in [0.717, 1.165) is 4.47 Å². The minimum atomic E-state index is -0.317. The summed E-state index contributed by atoms with van der Waals surface area (Å²) in [6, 6.07) is 8.26. The minimum absolute atomic E-state index is 0.317. The molecule has 0 bridgehead atoms. The van der Waals surface area contributed by atoms with E-state index in [9.17, 15) is 4.39 Å².